The molecule has 0 bridgehead atoms. The van der Waals surface area contributed by atoms with Gasteiger partial charge in [0.1, 0.15) is 16.9 Å². The molecule has 2 aliphatic rings. The average molecular weight is 546 g/mol. The number of allylic oxidation sites excluding steroid dienone is 2. The van der Waals surface area contributed by atoms with Gasteiger partial charge in [-0.15, -0.1) is 0 Å². The molecule has 2 aromatic rings. The zero-order valence-corrected chi connectivity index (χ0v) is 20.5. The fraction of sp³-hybridized carbons (Fsp3) is 0.160. The Balaban J connectivity index is 1.41. The number of thiocarbonyl (C=S) groups is 1. The van der Waals surface area contributed by atoms with Crippen molar-refractivity contribution in [1.82, 2.24) is 9.80 Å². The van der Waals surface area contributed by atoms with E-state index in [0.717, 1.165) is 40.4 Å². The molecule has 37 heavy (non-hydrogen) atoms. The maximum Gasteiger partial charge on any atom is 0.416 e. The molecular weight excluding hydrogens is 527 g/mol. The fourth-order valence-corrected chi connectivity index (χ4v) is 5.03. The van der Waals surface area contributed by atoms with Crippen LogP contribution in [0, 0.1) is 0 Å². The van der Waals surface area contributed by atoms with E-state index in [9.17, 15) is 32.3 Å². The lowest BCUT2D eigenvalue weighted by Gasteiger charge is -2.21. The number of halogens is 3. The predicted molar refractivity (Wildman–Crippen MR) is 136 cm³/mol. The van der Waals surface area contributed by atoms with Gasteiger partial charge in [-0.25, -0.2) is 0 Å². The van der Waals surface area contributed by atoms with E-state index < -0.39 is 48.0 Å². The largest absolute Gasteiger partial charge is 0.416 e. The van der Waals surface area contributed by atoms with E-state index in [-0.39, 0.29) is 21.3 Å². The minimum absolute atomic E-state index is 0.103. The molecule has 2 saturated heterocycles. The summed E-state index contributed by atoms with van der Waals surface area (Å²) < 4.78 is 38.8. The average Bonchev–Trinajstić information content (AvgIpc) is 3.28. The van der Waals surface area contributed by atoms with Gasteiger partial charge in [0.05, 0.1) is 16.9 Å². The maximum absolute atomic E-state index is 13.0. The summed E-state index contributed by atoms with van der Waals surface area (Å²) in [5, 5.41) is 2.26. The SMILES string of the molecule is O=C(CN1C(=O)C[C@H](N2C(=O)/C(=C\C=C\c3ccccc3)SC2=S)C1=O)Nc1cccc(C(F)(F)F)c1. The predicted octanol–water partition coefficient (Wildman–Crippen LogP) is 4.23. The van der Waals surface area contributed by atoms with Crippen molar-refractivity contribution >= 4 is 63.7 Å². The minimum atomic E-state index is -4.60. The van der Waals surface area contributed by atoms with Crippen molar-refractivity contribution in [3.63, 3.8) is 0 Å². The van der Waals surface area contributed by atoms with E-state index in [0.29, 0.717) is 4.90 Å². The lowest BCUT2D eigenvalue weighted by Crippen LogP contribution is -2.45. The molecule has 2 heterocycles. The highest BCUT2D eigenvalue weighted by molar-refractivity contribution is 8.26. The first-order valence-corrected chi connectivity index (χ1v) is 12.1. The highest BCUT2D eigenvalue weighted by Gasteiger charge is 2.48. The summed E-state index contributed by atoms with van der Waals surface area (Å²) >= 11 is 6.26. The number of nitrogens with one attached hydrogen (secondary N) is 1. The highest BCUT2D eigenvalue weighted by Crippen LogP contribution is 2.35. The summed E-state index contributed by atoms with van der Waals surface area (Å²) in [5.74, 6) is -2.88. The van der Waals surface area contributed by atoms with Gasteiger partial charge in [-0.2, -0.15) is 13.2 Å². The highest BCUT2D eigenvalue weighted by atomic mass is 32.2. The molecule has 1 N–H and O–H groups in total. The van der Waals surface area contributed by atoms with Crippen molar-refractivity contribution in [2.75, 3.05) is 11.9 Å². The van der Waals surface area contributed by atoms with Crippen LogP contribution in [-0.2, 0) is 25.4 Å². The van der Waals surface area contributed by atoms with Gasteiger partial charge in [0, 0.05) is 5.69 Å². The summed E-state index contributed by atoms with van der Waals surface area (Å²) in [6.07, 6.45) is 0.0660. The molecule has 0 aromatic heterocycles. The summed E-state index contributed by atoms with van der Waals surface area (Å²) in [6, 6.07) is 12.1. The van der Waals surface area contributed by atoms with E-state index in [1.54, 1.807) is 18.2 Å². The first-order chi connectivity index (χ1) is 17.5. The molecule has 0 unspecified atom stereocenters. The van der Waals surface area contributed by atoms with Crippen LogP contribution in [0.1, 0.15) is 17.5 Å². The fourth-order valence-electron chi connectivity index (χ4n) is 3.72. The maximum atomic E-state index is 13.0. The standard InChI is InChI=1S/C25H18F3N3O4S2/c26-25(27,28)16-9-5-10-17(12-16)29-20(32)14-30-21(33)13-18(22(30)34)31-23(35)19(37-24(31)36)11-4-8-15-6-2-1-3-7-15/h1-12,18H,13-14H2,(H,29,32)/b8-4+,19-11+/t18-/m0/s1. The molecule has 12 heteroatoms. The molecule has 0 radical (unpaired) electrons. The molecule has 1 atom stereocenters. The third-order valence-corrected chi connectivity index (χ3v) is 6.82. The van der Waals surface area contributed by atoms with Gasteiger partial charge in [0.2, 0.25) is 11.8 Å². The second-order valence-electron chi connectivity index (χ2n) is 8.01. The molecule has 0 spiro atoms. The number of nitrogens with zero attached hydrogens (tertiary/aromatic N) is 2. The summed E-state index contributed by atoms with van der Waals surface area (Å²) in [6.45, 7) is -0.713. The van der Waals surface area contributed by atoms with Crippen LogP contribution in [0.2, 0.25) is 0 Å². The molecule has 4 rings (SSSR count). The summed E-state index contributed by atoms with van der Waals surface area (Å²) in [7, 11) is 0. The zero-order valence-electron chi connectivity index (χ0n) is 18.9. The smallest absolute Gasteiger partial charge is 0.325 e. The molecule has 4 amide bonds. The Hall–Kier alpha value is -3.77. The third kappa shape index (κ3) is 5.97. The zero-order chi connectivity index (χ0) is 26.7. The molecule has 0 saturated carbocycles. The Morgan fingerprint density at radius 2 is 1.84 bits per heavy atom. The van der Waals surface area contributed by atoms with Crippen molar-refractivity contribution in [3.8, 4) is 0 Å². The van der Waals surface area contributed by atoms with Gasteiger partial charge < -0.3 is 5.32 Å². The number of carbonyl (C=O) groups excluding carboxylic acids is 4. The van der Waals surface area contributed by atoms with Crippen molar-refractivity contribution in [2.45, 2.75) is 18.6 Å². The van der Waals surface area contributed by atoms with E-state index in [1.807, 2.05) is 30.3 Å². The molecule has 190 valence electrons. The van der Waals surface area contributed by atoms with Crippen LogP contribution in [0.15, 0.2) is 71.7 Å². The van der Waals surface area contributed by atoms with Gasteiger partial charge in [0.15, 0.2) is 0 Å². The molecule has 0 aliphatic carbocycles. The summed E-state index contributed by atoms with van der Waals surface area (Å²) in [5.41, 5.74) is -0.175. The Bertz CT molecular complexity index is 1340. The molecule has 2 aliphatic heterocycles. The molecule has 2 aromatic carbocycles. The molecule has 7 nitrogen and oxygen atoms in total. The third-order valence-electron chi connectivity index (χ3n) is 5.47. The molecule has 2 fully saturated rings. The van der Waals surface area contributed by atoms with E-state index in [4.69, 9.17) is 12.2 Å². The first kappa shape index (κ1) is 26.3. The number of benzene rings is 2. The Morgan fingerprint density at radius 1 is 1.11 bits per heavy atom. The van der Waals surface area contributed by atoms with E-state index in [1.165, 1.54) is 6.07 Å². The number of rotatable bonds is 6. The number of alkyl halides is 3. The summed E-state index contributed by atoms with van der Waals surface area (Å²) in [4.78, 5) is 52.8. The van der Waals surface area contributed by atoms with Gasteiger partial charge in [0.25, 0.3) is 11.8 Å². The number of anilines is 1. The number of amides is 4. The second-order valence-corrected chi connectivity index (χ2v) is 9.68. The lowest BCUT2D eigenvalue weighted by molar-refractivity contribution is -0.143. The van der Waals surface area contributed by atoms with Crippen LogP contribution >= 0.6 is 24.0 Å². The number of thioether (sulfide) groups is 1. The quantitative estimate of drug-likeness (QED) is 0.332. The number of hydrogen-bond acceptors (Lipinski definition) is 6. The first-order valence-electron chi connectivity index (χ1n) is 10.8. The van der Waals surface area contributed by atoms with E-state index in [2.05, 4.69) is 5.32 Å². The van der Waals surface area contributed by atoms with Crippen molar-refractivity contribution < 1.29 is 32.3 Å². The lowest BCUT2D eigenvalue weighted by atomic mass is 10.2. The van der Waals surface area contributed by atoms with Crippen LogP contribution in [0.3, 0.4) is 0 Å². The minimum Gasteiger partial charge on any atom is -0.325 e. The Labute approximate surface area is 219 Å². The number of hydrogen-bond donors (Lipinski definition) is 1. The van der Waals surface area contributed by atoms with Crippen LogP contribution < -0.4 is 5.32 Å². The van der Waals surface area contributed by atoms with Gasteiger partial charge in [-0.05, 0) is 29.8 Å². The number of carbonyl (C=O) groups is 4. The normalized spacial score (nSPS) is 19.5. The van der Waals surface area contributed by atoms with Crippen LogP contribution in [0.25, 0.3) is 6.08 Å². The van der Waals surface area contributed by atoms with Crippen molar-refractivity contribution in [3.05, 3.63) is 82.8 Å². The number of imide groups is 1. The molecular formula is C25H18F3N3O4S2. The van der Waals surface area contributed by atoms with E-state index >= 15 is 0 Å². The number of likely N-dealkylation sites (tertiary alicyclic amines) is 1. The Morgan fingerprint density at radius 3 is 2.54 bits per heavy atom. The van der Waals surface area contributed by atoms with Crippen LogP contribution in [0.5, 0.6) is 0 Å². The van der Waals surface area contributed by atoms with Crippen molar-refractivity contribution in [2.24, 2.45) is 0 Å². The van der Waals surface area contributed by atoms with Crippen molar-refractivity contribution in [1.29, 1.82) is 0 Å². The van der Waals surface area contributed by atoms with Crippen LogP contribution in [-0.4, -0.2) is 50.3 Å². The van der Waals surface area contributed by atoms with Crippen LogP contribution in [0.4, 0.5) is 18.9 Å². The monoisotopic (exact) mass is 545 g/mol. The van der Waals surface area contributed by atoms with Gasteiger partial charge >= 0.3 is 6.18 Å². The van der Waals surface area contributed by atoms with Gasteiger partial charge in [-0.1, -0.05) is 72.5 Å². The Kier molecular flexibility index (Phi) is 7.60. The second kappa shape index (κ2) is 10.7. The topological polar surface area (TPSA) is 86.8 Å². The van der Waals surface area contributed by atoms with Gasteiger partial charge in [-0.3, -0.25) is 29.0 Å².